The van der Waals surface area contributed by atoms with Gasteiger partial charge in [0, 0.05) is 17.6 Å². The third-order valence-corrected chi connectivity index (χ3v) is 5.67. The van der Waals surface area contributed by atoms with Gasteiger partial charge in [-0.25, -0.2) is 4.98 Å². The lowest BCUT2D eigenvalue weighted by Gasteiger charge is -2.44. The SMILES string of the molecule is CC(C)(C#N)c1ncc(CN2CCCC(C)(C)C2C(N)=O)s1. The van der Waals surface area contributed by atoms with Gasteiger partial charge in [0.2, 0.25) is 5.91 Å². The van der Waals surface area contributed by atoms with Gasteiger partial charge >= 0.3 is 0 Å². The third-order valence-electron chi connectivity index (χ3n) is 4.37. The fraction of sp³-hybridized carbons (Fsp3) is 0.688. The zero-order valence-corrected chi connectivity index (χ0v) is 14.5. The molecule has 2 heterocycles. The van der Waals surface area contributed by atoms with Crippen molar-refractivity contribution in [3.8, 4) is 6.07 Å². The van der Waals surface area contributed by atoms with Crippen LogP contribution >= 0.6 is 11.3 Å². The number of hydrogen-bond donors (Lipinski definition) is 1. The number of hydrogen-bond acceptors (Lipinski definition) is 5. The maximum absolute atomic E-state index is 11.9. The van der Waals surface area contributed by atoms with Crippen LogP contribution in [0.3, 0.4) is 0 Å². The molecular formula is C16H24N4OS. The van der Waals surface area contributed by atoms with E-state index in [-0.39, 0.29) is 17.4 Å². The van der Waals surface area contributed by atoms with Crippen molar-refractivity contribution in [3.63, 3.8) is 0 Å². The number of aromatic nitrogens is 1. The Kier molecular flexibility index (Phi) is 4.59. The highest BCUT2D eigenvalue weighted by Crippen LogP contribution is 2.36. The number of nitriles is 1. The Balaban J connectivity index is 2.19. The smallest absolute Gasteiger partial charge is 0.235 e. The fourth-order valence-corrected chi connectivity index (χ4v) is 4.14. The molecule has 1 aromatic heterocycles. The van der Waals surface area contributed by atoms with Crippen LogP contribution in [0.4, 0.5) is 0 Å². The molecule has 1 aliphatic rings. The van der Waals surface area contributed by atoms with Crippen LogP contribution in [0.1, 0.15) is 50.4 Å². The molecule has 0 saturated carbocycles. The first-order valence-electron chi connectivity index (χ1n) is 7.57. The average molecular weight is 320 g/mol. The molecule has 1 saturated heterocycles. The zero-order chi connectivity index (χ0) is 16.5. The van der Waals surface area contributed by atoms with Gasteiger partial charge in [-0.1, -0.05) is 13.8 Å². The predicted octanol–water partition coefficient (Wildman–Crippen LogP) is 2.42. The number of rotatable bonds is 4. The second-order valence-electron chi connectivity index (χ2n) is 7.24. The molecular weight excluding hydrogens is 296 g/mol. The molecule has 0 aromatic carbocycles. The molecule has 0 radical (unpaired) electrons. The average Bonchev–Trinajstić information content (AvgIpc) is 2.86. The first kappa shape index (κ1) is 16.9. The van der Waals surface area contributed by atoms with Crippen molar-refractivity contribution in [2.75, 3.05) is 6.54 Å². The van der Waals surface area contributed by atoms with Crippen LogP contribution in [-0.2, 0) is 16.8 Å². The standard InChI is InChI=1S/C16H24N4OS/c1-15(2)6-5-7-20(12(15)13(18)21)9-11-8-19-14(22-11)16(3,4)10-17/h8,12H,5-7,9H2,1-4H3,(H2,18,21). The summed E-state index contributed by atoms with van der Waals surface area (Å²) in [6.07, 6.45) is 3.89. The van der Waals surface area contributed by atoms with Crippen LogP contribution in [-0.4, -0.2) is 28.4 Å². The van der Waals surface area contributed by atoms with Crippen LogP contribution in [0.15, 0.2) is 6.20 Å². The molecule has 22 heavy (non-hydrogen) atoms. The minimum Gasteiger partial charge on any atom is -0.368 e. The highest BCUT2D eigenvalue weighted by Gasteiger charge is 2.41. The number of carbonyl (C=O) groups excluding carboxylic acids is 1. The minimum absolute atomic E-state index is 0.108. The fourth-order valence-electron chi connectivity index (χ4n) is 3.15. The second-order valence-corrected chi connectivity index (χ2v) is 8.35. The van der Waals surface area contributed by atoms with Gasteiger partial charge in [0.15, 0.2) is 0 Å². The number of piperidine rings is 1. The van der Waals surface area contributed by atoms with Crippen molar-refractivity contribution in [2.45, 2.75) is 58.5 Å². The van der Waals surface area contributed by atoms with Crippen molar-refractivity contribution in [1.82, 2.24) is 9.88 Å². The first-order valence-corrected chi connectivity index (χ1v) is 8.39. The Bertz CT molecular complexity index is 600. The maximum Gasteiger partial charge on any atom is 0.235 e. The Morgan fingerprint density at radius 3 is 2.91 bits per heavy atom. The number of nitrogens with two attached hydrogens (primary N) is 1. The zero-order valence-electron chi connectivity index (χ0n) is 13.7. The van der Waals surface area contributed by atoms with Gasteiger partial charge in [0.25, 0.3) is 0 Å². The first-order chi connectivity index (χ1) is 10.2. The topological polar surface area (TPSA) is 83.0 Å². The lowest BCUT2D eigenvalue weighted by Crippen LogP contribution is -2.55. The van der Waals surface area contributed by atoms with E-state index in [1.165, 1.54) is 0 Å². The van der Waals surface area contributed by atoms with Gasteiger partial charge in [0.05, 0.1) is 12.1 Å². The van der Waals surface area contributed by atoms with Crippen molar-refractivity contribution in [2.24, 2.45) is 11.1 Å². The van der Waals surface area contributed by atoms with E-state index in [1.807, 2.05) is 20.0 Å². The molecule has 1 fully saturated rings. The van der Waals surface area contributed by atoms with Crippen LogP contribution in [0.2, 0.25) is 0 Å². The van der Waals surface area contributed by atoms with Crippen molar-refractivity contribution in [1.29, 1.82) is 5.26 Å². The van der Waals surface area contributed by atoms with Gasteiger partial charge in [-0.05, 0) is 38.6 Å². The molecule has 2 rings (SSSR count). The van der Waals surface area contributed by atoms with E-state index in [0.29, 0.717) is 6.54 Å². The van der Waals surface area contributed by atoms with Gasteiger partial charge < -0.3 is 5.73 Å². The maximum atomic E-state index is 11.9. The van der Waals surface area contributed by atoms with Crippen LogP contribution in [0.5, 0.6) is 0 Å². The number of amides is 1. The number of nitrogens with zero attached hydrogens (tertiary/aromatic N) is 3. The molecule has 5 nitrogen and oxygen atoms in total. The van der Waals surface area contributed by atoms with E-state index < -0.39 is 5.41 Å². The summed E-state index contributed by atoms with van der Waals surface area (Å²) in [5.41, 5.74) is 4.96. The molecule has 1 unspecified atom stereocenters. The number of carbonyl (C=O) groups is 1. The van der Waals surface area contributed by atoms with Gasteiger partial charge in [-0.3, -0.25) is 9.69 Å². The van der Waals surface area contributed by atoms with E-state index in [4.69, 9.17) is 5.73 Å². The molecule has 1 atom stereocenters. The molecule has 1 aromatic rings. The predicted molar refractivity (Wildman–Crippen MR) is 87.2 cm³/mol. The summed E-state index contributed by atoms with van der Waals surface area (Å²) >= 11 is 1.54. The van der Waals surface area contributed by atoms with Crippen LogP contribution in [0, 0.1) is 16.7 Å². The molecule has 6 heteroatoms. The normalized spacial score (nSPS) is 22.2. The number of thiazole rings is 1. The van der Waals surface area contributed by atoms with E-state index >= 15 is 0 Å². The van der Waals surface area contributed by atoms with Gasteiger partial charge in [-0.2, -0.15) is 5.26 Å². The molecule has 1 amide bonds. The van der Waals surface area contributed by atoms with Crippen LogP contribution in [0.25, 0.3) is 0 Å². The molecule has 0 spiro atoms. The van der Waals surface area contributed by atoms with Gasteiger partial charge in [-0.15, -0.1) is 11.3 Å². The Morgan fingerprint density at radius 1 is 1.64 bits per heavy atom. The summed E-state index contributed by atoms with van der Waals surface area (Å²) in [6, 6.07) is 2.02. The summed E-state index contributed by atoms with van der Waals surface area (Å²) in [6.45, 7) is 9.47. The number of primary amides is 1. The quantitative estimate of drug-likeness (QED) is 0.923. The Hall–Kier alpha value is -1.45. The van der Waals surface area contributed by atoms with Gasteiger partial charge in [0.1, 0.15) is 10.4 Å². The van der Waals surface area contributed by atoms with E-state index in [2.05, 4.69) is 29.8 Å². The van der Waals surface area contributed by atoms with Crippen LogP contribution < -0.4 is 5.73 Å². The summed E-state index contributed by atoms with van der Waals surface area (Å²) in [5, 5.41) is 10.0. The molecule has 0 aliphatic carbocycles. The highest BCUT2D eigenvalue weighted by atomic mass is 32.1. The van der Waals surface area contributed by atoms with E-state index in [1.54, 1.807) is 11.3 Å². The lowest BCUT2D eigenvalue weighted by atomic mass is 9.76. The minimum atomic E-state index is -0.576. The Labute approximate surface area is 136 Å². The van der Waals surface area contributed by atoms with E-state index in [0.717, 1.165) is 29.3 Å². The summed E-state index contributed by atoms with van der Waals surface area (Å²) in [5.74, 6) is -0.258. The summed E-state index contributed by atoms with van der Waals surface area (Å²) in [7, 11) is 0. The second kappa shape index (κ2) is 5.98. The molecule has 1 aliphatic heterocycles. The molecule has 120 valence electrons. The summed E-state index contributed by atoms with van der Waals surface area (Å²) in [4.78, 5) is 19.5. The number of likely N-dealkylation sites (tertiary alicyclic amines) is 1. The van der Waals surface area contributed by atoms with Crippen molar-refractivity contribution >= 4 is 17.2 Å². The van der Waals surface area contributed by atoms with Crippen molar-refractivity contribution < 1.29 is 4.79 Å². The Morgan fingerprint density at radius 2 is 2.32 bits per heavy atom. The summed E-state index contributed by atoms with van der Waals surface area (Å²) < 4.78 is 0. The highest BCUT2D eigenvalue weighted by molar-refractivity contribution is 7.11. The monoisotopic (exact) mass is 320 g/mol. The van der Waals surface area contributed by atoms with E-state index in [9.17, 15) is 10.1 Å². The van der Waals surface area contributed by atoms with Crippen molar-refractivity contribution in [3.05, 3.63) is 16.1 Å². The molecule has 0 bridgehead atoms. The third kappa shape index (κ3) is 3.31. The largest absolute Gasteiger partial charge is 0.368 e. The molecule has 2 N–H and O–H groups in total. The lowest BCUT2D eigenvalue weighted by molar-refractivity contribution is -0.130.